The van der Waals surface area contributed by atoms with Crippen molar-refractivity contribution in [1.82, 2.24) is 20.0 Å². The van der Waals surface area contributed by atoms with Gasteiger partial charge in [0.25, 0.3) is 5.91 Å². The molecule has 3 amide bonds. The molecule has 0 unspecified atom stereocenters. The number of carbonyl (C=O) groups is 3. The second kappa shape index (κ2) is 7.38. The number of hydrogen-bond acceptors (Lipinski definition) is 4. The van der Waals surface area contributed by atoms with E-state index in [-0.39, 0.29) is 36.5 Å². The van der Waals surface area contributed by atoms with Crippen LogP contribution in [0.15, 0.2) is 54.6 Å². The smallest absolute Gasteiger partial charge is 0.269 e. The number of aromatic nitrogens is 2. The fourth-order valence-corrected chi connectivity index (χ4v) is 5.39. The lowest BCUT2D eigenvalue weighted by Gasteiger charge is -2.27. The first-order valence-electron chi connectivity index (χ1n) is 11.5. The number of nitrogens with zero attached hydrogens (tertiary/aromatic N) is 3. The van der Waals surface area contributed by atoms with E-state index < -0.39 is 23.7 Å². The highest BCUT2D eigenvalue weighted by atomic mass is 19.1. The van der Waals surface area contributed by atoms with Gasteiger partial charge in [0.15, 0.2) is 11.4 Å². The van der Waals surface area contributed by atoms with Crippen LogP contribution in [0.5, 0.6) is 0 Å². The van der Waals surface area contributed by atoms with Crippen LogP contribution >= 0.6 is 0 Å². The number of benzene rings is 2. The normalized spacial score (nSPS) is 29.0. The van der Waals surface area contributed by atoms with Crippen molar-refractivity contribution < 1.29 is 18.8 Å². The van der Waals surface area contributed by atoms with Crippen molar-refractivity contribution in [2.75, 3.05) is 0 Å². The Labute approximate surface area is 194 Å². The van der Waals surface area contributed by atoms with Crippen LogP contribution in [0, 0.1) is 5.92 Å². The lowest BCUT2D eigenvalue weighted by atomic mass is 10.1. The zero-order valence-electron chi connectivity index (χ0n) is 18.4. The van der Waals surface area contributed by atoms with Crippen LogP contribution in [0.25, 0.3) is 10.9 Å². The highest BCUT2D eigenvalue weighted by molar-refractivity contribution is 6.04. The molecule has 1 aromatic heterocycles. The van der Waals surface area contributed by atoms with Crippen molar-refractivity contribution in [2.45, 2.75) is 49.6 Å². The van der Waals surface area contributed by atoms with Gasteiger partial charge in [-0.15, -0.1) is 0 Å². The van der Waals surface area contributed by atoms with Crippen molar-refractivity contribution in [2.24, 2.45) is 11.7 Å². The molecule has 34 heavy (non-hydrogen) atoms. The fourth-order valence-electron chi connectivity index (χ4n) is 5.39. The van der Waals surface area contributed by atoms with Gasteiger partial charge in [0.2, 0.25) is 11.8 Å². The molecule has 1 aliphatic heterocycles. The Kier molecular flexibility index (Phi) is 4.52. The van der Waals surface area contributed by atoms with E-state index in [1.165, 1.54) is 4.68 Å². The first-order valence-corrected chi connectivity index (χ1v) is 11.5. The monoisotopic (exact) mass is 461 g/mol. The summed E-state index contributed by atoms with van der Waals surface area (Å²) in [5.41, 5.74) is 5.18. The summed E-state index contributed by atoms with van der Waals surface area (Å²) in [6.45, 7) is -0.110. The van der Waals surface area contributed by atoms with Crippen molar-refractivity contribution in [3.63, 3.8) is 0 Å². The maximum absolute atomic E-state index is 15.2. The Hall–Kier alpha value is -3.75. The summed E-state index contributed by atoms with van der Waals surface area (Å²) in [7, 11) is 0. The van der Waals surface area contributed by atoms with E-state index in [1.807, 2.05) is 6.07 Å². The van der Waals surface area contributed by atoms with Gasteiger partial charge in [-0.3, -0.25) is 19.1 Å². The largest absolute Gasteiger partial charge is 0.364 e. The van der Waals surface area contributed by atoms with Crippen molar-refractivity contribution in [3.8, 4) is 0 Å². The maximum Gasteiger partial charge on any atom is 0.269 e. The molecule has 8 nitrogen and oxygen atoms in total. The topological polar surface area (TPSA) is 110 Å². The van der Waals surface area contributed by atoms with Gasteiger partial charge in [-0.25, -0.2) is 4.39 Å². The highest BCUT2D eigenvalue weighted by Crippen LogP contribution is 2.51. The van der Waals surface area contributed by atoms with Gasteiger partial charge in [-0.1, -0.05) is 48.5 Å². The molecule has 0 radical (unpaired) electrons. The van der Waals surface area contributed by atoms with Gasteiger partial charge in [0.1, 0.15) is 12.6 Å². The van der Waals surface area contributed by atoms with Crippen LogP contribution < -0.4 is 11.1 Å². The molecule has 6 rings (SSSR count). The molecule has 0 spiro atoms. The van der Waals surface area contributed by atoms with Gasteiger partial charge in [0, 0.05) is 17.8 Å². The second-order valence-corrected chi connectivity index (χ2v) is 9.50. The molecule has 2 aromatic carbocycles. The van der Waals surface area contributed by atoms with Crippen LogP contribution in [0.3, 0.4) is 0 Å². The Bertz CT molecular complexity index is 1320. The number of likely N-dealkylation sites (tertiary alicyclic amines) is 1. The van der Waals surface area contributed by atoms with E-state index in [9.17, 15) is 14.4 Å². The first-order chi connectivity index (χ1) is 16.4. The molecule has 3 fully saturated rings. The summed E-state index contributed by atoms with van der Waals surface area (Å²) in [5.74, 6) is -0.941. The lowest BCUT2D eigenvalue weighted by molar-refractivity contribution is -0.140. The number of hydrogen-bond donors (Lipinski definition) is 2. The van der Waals surface area contributed by atoms with E-state index in [2.05, 4.69) is 10.4 Å². The molecular formula is C25H24FN5O3. The minimum Gasteiger partial charge on any atom is -0.364 e. The minimum atomic E-state index is -1.56. The number of para-hydroxylation sites is 1. The number of piperidine rings is 1. The van der Waals surface area contributed by atoms with Crippen molar-refractivity contribution >= 4 is 28.6 Å². The molecule has 2 heterocycles. The third kappa shape index (κ3) is 3.26. The van der Waals surface area contributed by atoms with E-state index in [0.29, 0.717) is 28.8 Å². The number of carbonyl (C=O) groups excluding carboxylic acids is 3. The molecule has 3 N–H and O–H groups in total. The zero-order valence-corrected chi connectivity index (χ0v) is 18.4. The van der Waals surface area contributed by atoms with Crippen LogP contribution in [-0.4, -0.2) is 50.5 Å². The predicted octanol–water partition coefficient (Wildman–Crippen LogP) is 1.88. The van der Waals surface area contributed by atoms with Gasteiger partial charge in [0.05, 0.1) is 11.6 Å². The summed E-state index contributed by atoms with van der Waals surface area (Å²) in [6, 6.07) is 14.7. The fraction of sp³-hybridized carbons (Fsp3) is 0.360. The van der Waals surface area contributed by atoms with Gasteiger partial charge in [-0.05, 0) is 30.4 Å². The average Bonchev–Trinajstić information content (AvgIpc) is 3.65. The van der Waals surface area contributed by atoms with Crippen molar-refractivity contribution in [1.29, 1.82) is 0 Å². The minimum absolute atomic E-state index is 0.0177. The number of primary amides is 1. The molecule has 174 valence electrons. The molecule has 3 aliphatic rings. The molecule has 3 aromatic rings. The molecule has 2 aliphatic carbocycles. The quantitative estimate of drug-likeness (QED) is 0.584. The Balaban J connectivity index is 1.19. The van der Waals surface area contributed by atoms with Gasteiger partial charge in [-0.2, -0.15) is 5.10 Å². The highest BCUT2D eigenvalue weighted by Gasteiger charge is 2.60. The van der Waals surface area contributed by atoms with Crippen LogP contribution in [0.2, 0.25) is 0 Å². The van der Waals surface area contributed by atoms with E-state index in [4.69, 9.17) is 5.73 Å². The van der Waals surface area contributed by atoms with Gasteiger partial charge >= 0.3 is 0 Å². The number of halogens is 1. The molecule has 2 saturated carbocycles. The summed E-state index contributed by atoms with van der Waals surface area (Å²) in [4.78, 5) is 39.9. The van der Waals surface area contributed by atoms with E-state index >= 15 is 4.39 Å². The second-order valence-electron chi connectivity index (χ2n) is 9.50. The molecular weight excluding hydrogens is 437 g/mol. The summed E-state index contributed by atoms with van der Waals surface area (Å²) < 4.78 is 16.7. The summed E-state index contributed by atoms with van der Waals surface area (Å²) in [6.07, 6.45) is 1.67. The summed E-state index contributed by atoms with van der Waals surface area (Å²) >= 11 is 0. The molecule has 5 atom stereocenters. The number of rotatable bonds is 6. The molecule has 0 bridgehead atoms. The molecule has 9 heteroatoms. The predicted molar refractivity (Wildman–Crippen MR) is 121 cm³/mol. The SMILES string of the molecule is NC(=O)c1nn(CC(=O)N2[C@@H]3C[C@@H]3C[C@H]2C(=O)N[C@H]2C[C@]2(F)c2ccccc2)c2ccccc12. The third-order valence-corrected chi connectivity index (χ3v) is 7.33. The number of nitrogens with one attached hydrogen (secondary N) is 1. The van der Waals surface area contributed by atoms with E-state index in [0.717, 1.165) is 6.42 Å². The number of amides is 3. The maximum atomic E-state index is 15.2. The average molecular weight is 461 g/mol. The summed E-state index contributed by atoms with van der Waals surface area (Å²) in [5, 5.41) is 7.68. The lowest BCUT2D eigenvalue weighted by Crippen LogP contribution is -2.50. The van der Waals surface area contributed by atoms with Gasteiger partial charge < -0.3 is 16.0 Å². The molecule has 1 saturated heterocycles. The number of alkyl halides is 1. The van der Waals surface area contributed by atoms with Crippen LogP contribution in [0.4, 0.5) is 4.39 Å². The standard InChI is InChI=1S/C25H24FN5O3/c26-25(15-6-2-1-3-7-15)12-20(25)28-24(34)19-11-14-10-18(14)31(19)21(32)13-30-17-9-5-4-8-16(17)22(29-30)23(27)33/h1-9,14,18-20H,10-13H2,(H2,27,33)(H,28,34)/t14-,18-,19+,20+,25+/m1/s1. The van der Waals surface area contributed by atoms with Crippen molar-refractivity contribution in [3.05, 3.63) is 65.9 Å². The van der Waals surface area contributed by atoms with Crippen LogP contribution in [0.1, 0.15) is 35.3 Å². The Morgan fingerprint density at radius 1 is 1.09 bits per heavy atom. The van der Waals surface area contributed by atoms with Crippen LogP contribution in [-0.2, 0) is 21.8 Å². The number of fused-ring (bicyclic) bond motifs is 2. The number of nitrogens with two attached hydrogens (primary N) is 1. The zero-order chi connectivity index (χ0) is 23.6. The first kappa shape index (κ1) is 20.8. The Morgan fingerprint density at radius 3 is 2.59 bits per heavy atom. The third-order valence-electron chi connectivity index (χ3n) is 7.33. The van der Waals surface area contributed by atoms with E-state index in [1.54, 1.807) is 53.4 Å². The Morgan fingerprint density at radius 2 is 1.82 bits per heavy atom.